The molecule has 1 saturated heterocycles. The number of amides is 1. The van der Waals surface area contributed by atoms with Gasteiger partial charge < -0.3 is 4.90 Å². The van der Waals surface area contributed by atoms with Crippen LogP contribution in [0.2, 0.25) is 0 Å². The fourth-order valence-corrected chi connectivity index (χ4v) is 3.39. The molecule has 0 spiro atoms. The van der Waals surface area contributed by atoms with Crippen molar-refractivity contribution in [2.75, 3.05) is 13.1 Å². The lowest BCUT2D eigenvalue weighted by Gasteiger charge is -2.33. The van der Waals surface area contributed by atoms with E-state index in [0.717, 1.165) is 25.4 Å². The second-order valence-electron chi connectivity index (χ2n) is 5.96. The van der Waals surface area contributed by atoms with Crippen LogP contribution < -0.4 is 0 Å². The van der Waals surface area contributed by atoms with E-state index in [1.807, 2.05) is 0 Å². The van der Waals surface area contributed by atoms with E-state index in [0.29, 0.717) is 11.8 Å². The van der Waals surface area contributed by atoms with Crippen LogP contribution in [0.5, 0.6) is 0 Å². The number of carbonyl (C=O) groups is 1. The Hall–Kier alpha value is -0.530. The molecule has 98 valence electrons. The van der Waals surface area contributed by atoms with Crippen LogP contribution in [0, 0.1) is 11.8 Å². The van der Waals surface area contributed by atoms with Crippen LogP contribution in [0.25, 0.3) is 0 Å². The molecule has 0 aromatic carbocycles. The number of rotatable bonds is 3. The van der Waals surface area contributed by atoms with Gasteiger partial charge in [-0.2, -0.15) is 0 Å². The van der Waals surface area contributed by atoms with Gasteiger partial charge in [-0.1, -0.05) is 32.6 Å². The largest absolute Gasteiger partial charge is 0.342 e. The second-order valence-corrected chi connectivity index (χ2v) is 5.96. The van der Waals surface area contributed by atoms with Gasteiger partial charge in [0.25, 0.3) is 0 Å². The van der Waals surface area contributed by atoms with Crippen molar-refractivity contribution in [3.63, 3.8) is 0 Å². The lowest BCUT2D eigenvalue weighted by molar-refractivity contribution is -0.134. The van der Waals surface area contributed by atoms with Gasteiger partial charge in [0.05, 0.1) is 0 Å². The van der Waals surface area contributed by atoms with Crippen molar-refractivity contribution in [3.8, 4) is 0 Å². The van der Waals surface area contributed by atoms with Gasteiger partial charge in [-0.05, 0) is 37.5 Å². The van der Waals surface area contributed by atoms with Crippen molar-refractivity contribution >= 4 is 5.91 Å². The first-order valence-electron chi connectivity index (χ1n) is 7.57. The van der Waals surface area contributed by atoms with E-state index in [2.05, 4.69) is 11.8 Å². The molecular formula is C15H27NO. The Kier molecular flexibility index (Phi) is 4.87. The maximum Gasteiger partial charge on any atom is 0.222 e. The number of carbonyl (C=O) groups excluding carboxylic acids is 1. The highest BCUT2D eigenvalue weighted by molar-refractivity contribution is 5.76. The highest BCUT2D eigenvalue weighted by atomic mass is 16.2. The number of likely N-dealkylation sites (tertiary alicyclic amines) is 1. The zero-order valence-corrected chi connectivity index (χ0v) is 11.3. The van der Waals surface area contributed by atoms with Gasteiger partial charge in [0.15, 0.2) is 0 Å². The minimum absolute atomic E-state index is 0.440. The molecule has 1 saturated carbocycles. The summed E-state index contributed by atoms with van der Waals surface area (Å²) in [5.41, 5.74) is 0. The number of hydrogen-bond donors (Lipinski definition) is 0. The quantitative estimate of drug-likeness (QED) is 0.734. The van der Waals surface area contributed by atoms with Crippen LogP contribution in [-0.2, 0) is 4.79 Å². The highest BCUT2D eigenvalue weighted by Gasteiger charge is 2.25. The van der Waals surface area contributed by atoms with Crippen LogP contribution in [0.1, 0.15) is 64.7 Å². The Morgan fingerprint density at radius 3 is 2.47 bits per heavy atom. The van der Waals surface area contributed by atoms with E-state index in [4.69, 9.17) is 0 Å². The number of hydrogen-bond acceptors (Lipinski definition) is 1. The monoisotopic (exact) mass is 237 g/mol. The van der Waals surface area contributed by atoms with Crippen molar-refractivity contribution in [2.24, 2.45) is 11.8 Å². The molecule has 17 heavy (non-hydrogen) atoms. The second kappa shape index (κ2) is 6.42. The average Bonchev–Trinajstić information content (AvgIpc) is 2.40. The summed E-state index contributed by atoms with van der Waals surface area (Å²) in [5, 5.41) is 0. The molecular weight excluding hydrogens is 210 g/mol. The molecule has 0 radical (unpaired) electrons. The topological polar surface area (TPSA) is 20.3 Å². The maximum absolute atomic E-state index is 12.3. The van der Waals surface area contributed by atoms with Gasteiger partial charge in [0, 0.05) is 19.5 Å². The van der Waals surface area contributed by atoms with Gasteiger partial charge in [-0.15, -0.1) is 0 Å². The van der Waals surface area contributed by atoms with Crippen LogP contribution in [0.4, 0.5) is 0 Å². The Labute approximate surface area is 106 Å². The van der Waals surface area contributed by atoms with E-state index < -0.39 is 0 Å². The fourth-order valence-electron chi connectivity index (χ4n) is 3.39. The molecule has 1 heterocycles. The first-order valence-corrected chi connectivity index (χ1v) is 7.57. The molecule has 2 heteroatoms. The highest BCUT2D eigenvalue weighted by Crippen LogP contribution is 2.28. The first-order chi connectivity index (χ1) is 8.29. The Morgan fingerprint density at radius 2 is 1.76 bits per heavy atom. The third-order valence-electron chi connectivity index (χ3n) is 4.64. The summed E-state index contributed by atoms with van der Waals surface area (Å²) in [6, 6.07) is 0. The summed E-state index contributed by atoms with van der Waals surface area (Å²) in [4.78, 5) is 14.4. The van der Waals surface area contributed by atoms with Crippen molar-refractivity contribution < 1.29 is 4.79 Å². The molecule has 1 unspecified atom stereocenters. The van der Waals surface area contributed by atoms with E-state index >= 15 is 0 Å². The Morgan fingerprint density at radius 1 is 1.06 bits per heavy atom. The predicted octanol–water partition coefficient (Wildman–Crippen LogP) is 3.61. The Bertz CT molecular complexity index is 245. The third kappa shape index (κ3) is 3.72. The van der Waals surface area contributed by atoms with Crippen molar-refractivity contribution in [3.05, 3.63) is 0 Å². The average molecular weight is 237 g/mol. The molecule has 1 amide bonds. The van der Waals surface area contributed by atoms with Crippen LogP contribution in [0.15, 0.2) is 0 Å². The molecule has 0 N–H and O–H groups in total. The standard InChI is InChI=1S/C15H27NO/c1-2-13-9-6-10-16(12-13)15(17)11-14-7-4-3-5-8-14/h13-14H,2-12H2,1H3. The molecule has 1 atom stereocenters. The summed E-state index contributed by atoms with van der Waals surface area (Å²) >= 11 is 0. The lowest BCUT2D eigenvalue weighted by Crippen LogP contribution is -2.40. The first kappa shape index (κ1) is 12.9. The van der Waals surface area contributed by atoms with Gasteiger partial charge >= 0.3 is 0 Å². The van der Waals surface area contributed by atoms with Crippen LogP contribution in [-0.4, -0.2) is 23.9 Å². The van der Waals surface area contributed by atoms with Crippen LogP contribution >= 0.6 is 0 Å². The molecule has 0 bridgehead atoms. The Balaban J connectivity index is 1.78. The van der Waals surface area contributed by atoms with E-state index in [9.17, 15) is 4.79 Å². The normalized spacial score (nSPS) is 27.1. The predicted molar refractivity (Wildman–Crippen MR) is 70.8 cm³/mol. The SMILES string of the molecule is CCC1CCCN(C(=O)CC2CCCCC2)C1. The molecule has 2 fully saturated rings. The number of nitrogens with zero attached hydrogens (tertiary/aromatic N) is 1. The molecule has 1 aliphatic carbocycles. The van der Waals surface area contributed by atoms with E-state index in [-0.39, 0.29) is 0 Å². The molecule has 2 rings (SSSR count). The van der Waals surface area contributed by atoms with Gasteiger partial charge in [0.1, 0.15) is 0 Å². The summed E-state index contributed by atoms with van der Waals surface area (Å²) in [6.07, 6.45) is 11.2. The summed E-state index contributed by atoms with van der Waals surface area (Å²) in [6.45, 7) is 4.30. The van der Waals surface area contributed by atoms with Crippen molar-refractivity contribution in [2.45, 2.75) is 64.7 Å². The minimum Gasteiger partial charge on any atom is -0.342 e. The molecule has 0 aromatic rings. The summed E-state index contributed by atoms with van der Waals surface area (Å²) < 4.78 is 0. The smallest absolute Gasteiger partial charge is 0.222 e. The zero-order valence-electron chi connectivity index (χ0n) is 11.3. The van der Waals surface area contributed by atoms with E-state index in [1.165, 1.54) is 51.4 Å². The summed E-state index contributed by atoms with van der Waals surface area (Å²) in [7, 11) is 0. The van der Waals surface area contributed by atoms with Crippen molar-refractivity contribution in [1.82, 2.24) is 4.90 Å². The zero-order chi connectivity index (χ0) is 12.1. The minimum atomic E-state index is 0.440. The molecule has 2 aliphatic rings. The number of piperidine rings is 1. The van der Waals surface area contributed by atoms with Crippen LogP contribution in [0.3, 0.4) is 0 Å². The molecule has 1 aliphatic heterocycles. The van der Waals surface area contributed by atoms with Gasteiger partial charge in [0.2, 0.25) is 5.91 Å². The molecule has 0 aromatic heterocycles. The maximum atomic E-state index is 12.3. The lowest BCUT2D eigenvalue weighted by atomic mass is 9.86. The summed E-state index contributed by atoms with van der Waals surface area (Å²) in [5.74, 6) is 1.90. The van der Waals surface area contributed by atoms with Gasteiger partial charge in [-0.3, -0.25) is 4.79 Å². The van der Waals surface area contributed by atoms with Crippen molar-refractivity contribution in [1.29, 1.82) is 0 Å². The van der Waals surface area contributed by atoms with E-state index in [1.54, 1.807) is 0 Å². The molecule has 2 nitrogen and oxygen atoms in total. The third-order valence-corrected chi connectivity index (χ3v) is 4.64. The fraction of sp³-hybridized carbons (Fsp3) is 0.933. The van der Waals surface area contributed by atoms with Gasteiger partial charge in [-0.25, -0.2) is 0 Å².